The Kier molecular flexibility index (Phi) is 8.96. The molecule has 0 saturated carbocycles. The van der Waals surface area contributed by atoms with Crippen molar-refractivity contribution in [3.05, 3.63) is 40.5 Å². The van der Waals surface area contributed by atoms with Gasteiger partial charge in [-0.05, 0) is 72.8 Å². The van der Waals surface area contributed by atoms with Crippen LogP contribution in [0.25, 0.3) is 0 Å². The van der Waals surface area contributed by atoms with Gasteiger partial charge in [-0.2, -0.15) is 4.98 Å². The normalized spacial score (nSPS) is 21.7. The molecule has 2 aromatic carbocycles. The molecule has 4 aliphatic rings. The first kappa shape index (κ1) is 30.8. The number of rotatable bonds is 8. The predicted molar refractivity (Wildman–Crippen MR) is 184 cm³/mol. The van der Waals surface area contributed by atoms with Gasteiger partial charge in [-0.15, -0.1) is 0 Å². The van der Waals surface area contributed by atoms with E-state index < -0.39 is 7.92 Å². The first-order valence-electron chi connectivity index (χ1n) is 15.8. The third-order valence-corrected chi connectivity index (χ3v) is 11.4. The number of hydrogen-bond donors (Lipinski definition) is 2. The number of piperidine rings is 1. The highest BCUT2D eigenvalue weighted by Gasteiger charge is 2.40. The maximum Gasteiger partial charge on any atom is 0.229 e. The van der Waals surface area contributed by atoms with Crippen molar-refractivity contribution in [3.8, 4) is 17.2 Å². The lowest BCUT2D eigenvalue weighted by molar-refractivity contribution is 0.130. The van der Waals surface area contributed by atoms with Gasteiger partial charge in [-0.1, -0.05) is 7.92 Å². The van der Waals surface area contributed by atoms with Crippen LogP contribution in [-0.2, 0) is 4.74 Å². The number of nitrogens with one attached hydrogen (secondary N) is 2. The molecule has 12 heteroatoms. The van der Waals surface area contributed by atoms with E-state index in [0.717, 1.165) is 76.5 Å². The molecule has 5 heterocycles. The molecule has 0 radical (unpaired) electrons. The van der Waals surface area contributed by atoms with Gasteiger partial charge in [0.2, 0.25) is 5.95 Å². The lowest BCUT2D eigenvalue weighted by Crippen LogP contribution is -2.44. The summed E-state index contributed by atoms with van der Waals surface area (Å²) in [6, 6.07) is 8.96. The van der Waals surface area contributed by atoms with E-state index in [9.17, 15) is 0 Å². The third kappa shape index (κ3) is 6.29. The average molecular weight is 698 g/mol. The van der Waals surface area contributed by atoms with Crippen molar-refractivity contribution in [2.75, 3.05) is 88.6 Å². The highest BCUT2D eigenvalue weighted by molar-refractivity contribution is 9.10. The molecule has 3 aromatic rings. The van der Waals surface area contributed by atoms with E-state index in [4.69, 9.17) is 23.9 Å². The Labute approximate surface area is 275 Å². The van der Waals surface area contributed by atoms with E-state index in [1.54, 1.807) is 13.3 Å². The van der Waals surface area contributed by atoms with Gasteiger partial charge in [-0.25, -0.2) is 4.98 Å². The fourth-order valence-electron chi connectivity index (χ4n) is 7.19. The molecule has 3 saturated heterocycles. The van der Waals surface area contributed by atoms with E-state index in [1.807, 2.05) is 12.1 Å². The van der Waals surface area contributed by atoms with E-state index in [0.29, 0.717) is 31.0 Å². The molecule has 2 atom stereocenters. The molecule has 7 rings (SSSR count). The van der Waals surface area contributed by atoms with Crippen LogP contribution < -0.4 is 35.0 Å². The molecule has 10 nitrogen and oxygen atoms in total. The van der Waals surface area contributed by atoms with Crippen LogP contribution in [0, 0.1) is 18.8 Å². The van der Waals surface area contributed by atoms with Crippen LogP contribution in [0.1, 0.15) is 18.4 Å². The fraction of sp³-hybridized carbons (Fsp3) is 0.515. The molecule has 4 aliphatic heterocycles. The monoisotopic (exact) mass is 696 g/mol. The van der Waals surface area contributed by atoms with Gasteiger partial charge in [0.1, 0.15) is 24.8 Å². The Morgan fingerprint density at radius 3 is 2.49 bits per heavy atom. The minimum Gasteiger partial charge on any atom is -0.494 e. The topological polar surface area (TPSA) is 93.2 Å². The number of fused-ring (bicyclic) bond motifs is 2. The standard InChI is InChI=1S/C33H42BrN6O4P/c1-20-13-26(29(41-2)14-27(20)39-9-7-23(8-10-39)40-16-21-18-42-19-22(21)17-40)37-33-35-15-24(34)32(38-33)36-25-5-6-28-30(31(25)45(3)4)44-12-11-43-28/h5-6,13-15,21-23H,7-12,16-19H2,1-4H3,(H2,35,36,37,38)/t21-,22+. The summed E-state index contributed by atoms with van der Waals surface area (Å²) >= 11 is 3.64. The zero-order chi connectivity index (χ0) is 31.1. The second kappa shape index (κ2) is 13.1. The van der Waals surface area contributed by atoms with Crippen molar-refractivity contribution in [2.45, 2.75) is 25.8 Å². The second-order valence-corrected chi connectivity index (χ2v) is 15.7. The van der Waals surface area contributed by atoms with Crippen LogP contribution in [0.4, 0.5) is 28.8 Å². The lowest BCUT2D eigenvalue weighted by Gasteiger charge is -2.39. The minimum absolute atomic E-state index is 0.474. The van der Waals surface area contributed by atoms with Crippen LogP contribution in [0.3, 0.4) is 0 Å². The van der Waals surface area contributed by atoms with E-state index in [2.05, 4.69) is 73.7 Å². The number of benzene rings is 2. The quantitative estimate of drug-likeness (QED) is 0.285. The van der Waals surface area contributed by atoms with E-state index >= 15 is 0 Å². The van der Waals surface area contributed by atoms with Gasteiger partial charge in [0.15, 0.2) is 11.5 Å². The molecule has 0 aliphatic carbocycles. The van der Waals surface area contributed by atoms with Gasteiger partial charge >= 0.3 is 0 Å². The molecular weight excluding hydrogens is 655 g/mol. The Morgan fingerprint density at radius 1 is 1.00 bits per heavy atom. The number of halogens is 1. The Morgan fingerprint density at radius 2 is 1.76 bits per heavy atom. The number of hydrogen-bond acceptors (Lipinski definition) is 10. The smallest absolute Gasteiger partial charge is 0.229 e. The molecule has 2 N–H and O–H groups in total. The zero-order valence-electron chi connectivity index (χ0n) is 26.4. The fourth-order valence-corrected chi connectivity index (χ4v) is 8.67. The molecule has 0 spiro atoms. The van der Waals surface area contributed by atoms with Crippen LogP contribution in [0.5, 0.6) is 17.2 Å². The van der Waals surface area contributed by atoms with Gasteiger partial charge in [0.25, 0.3) is 0 Å². The molecule has 45 heavy (non-hydrogen) atoms. The van der Waals surface area contributed by atoms with Gasteiger partial charge in [0.05, 0.1) is 36.2 Å². The predicted octanol–water partition coefficient (Wildman–Crippen LogP) is 5.73. The van der Waals surface area contributed by atoms with Crippen molar-refractivity contribution in [3.63, 3.8) is 0 Å². The number of methoxy groups -OCH3 is 1. The van der Waals surface area contributed by atoms with Crippen molar-refractivity contribution >= 4 is 58.0 Å². The number of aryl methyl sites for hydroxylation is 1. The first-order valence-corrected chi connectivity index (χ1v) is 18.8. The third-order valence-electron chi connectivity index (χ3n) is 9.48. The van der Waals surface area contributed by atoms with Gasteiger partial charge in [0, 0.05) is 67.3 Å². The lowest BCUT2D eigenvalue weighted by atomic mass is 10.0. The number of nitrogens with zero attached hydrogens (tertiary/aromatic N) is 4. The molecule has 240 valence electrons. The Hall–Kier alpha value is -2.85. The SMILES string of the molecule is COc1cc(N2CCC(N3C[C@H]4COC[C@H]4C3)CC2)c(C)cc1Nc1ncc(Br)c(Nc2ccc3c(c2P(C)C)OCCO3)n1. The Balaban J connectivity index is 1.06. The minimum atomic E-state index is -0.480. The maximum atomic E-state index is 6.03. The summed E-state index contributed by atoms with van der Waals surface area (Å²) in [6.45, 7) is 14.1. The highest BCUT2D eigenvalue weighted by atomic mass is 79.9. The van der Waals surface area contributed by atoms with Crippen molar-refractivity contribution in [2.24, 2.45) is 11.8 Å². The second-order valence-electron chi connectivity index (χ2n) is 12.6. The summed E-state index contributed by atoms with van der Waals surface area (Å²) in [5, 5.41) is 8.06. The largest absolute Gasteiger partial charge is 0.494 e. The summed E-state index contributed by atoms with van der Waals surface area (Å²) in [4.78, 5) is 14.6. The van der Waals surface area contributed by atoms with Gasteiger partial charge in [-0.3, -0.25) is 4.90 Å². The molecule has 0 unspecified atom stereocenters. The van der Waals surface area contributed by atoms with Crippen LogP contribution >= 0.6 is 23.9 Å². The summed E-state index contributed by atoms with van der Waals surface area (Å²) in [6.07, 6.45) is 4.13. The maximum absolute atomic E-state index is 6.03. The van der Waals surface area contributed by atoms with Crippen molar-refractivity contribution in [1.29, 1.82) is 0 Å². The number of likely N-dealkylation sites (tertiary alicyclic amines) is 1. The highest BCUT2D eigenvalue weighted by Crippen LogP contribution is 2.42. The molecule has 1 aromatic heterocycles. The average Bonchev–Trinajstić information content (AvgIpc) is 3.66. The van der Waals surface area contributed by atoms with E-state index in [1.165, 1.54) is 37.2 Å². The van der Waals surface area contributed by atoms with Gasteiger partial charge < -0.3 is 34.5 Å². The number of aromatic nitrogens is 2. The molecule has 0 amide bonds. The van der Waals surface area contributed by atoms with Crippen LogP contribution in [0.15, 0.2) is 34.9 Å². The first-order chi connectivity index (χ1) is 21.9. The summed E-state index contributed by atoms with van der Waals surface area (Å²) in [7, 11) is 1.23. The molecule has 3 fully saturated rings. The van der Waals surface area contributed by atoms with Crippen molar-refractivity contribution < 1.29 is 18.9 Å². The van der Waals surface area contributed by atoms with Crippen LogP contribution in [0.2, 0.25) is 0 Å². The van der Waals surface area contributed by atoms with Crippen molar-refractivity contribution in [1.82, 2.24) is 14.9 Å². The van der Waals surface area contributed by atoms with Crippen LogP contribution in [-0.4, -0.2) is 94.0 Å². The molecular formula is C33H42BrN6O4P. The summed E-state index contributed by atoms with van der Waals surface area (Å²) in [5.41, 5.74) is 4.20. The zero-order valence-corrected chi connectivity index (χ0v) is 28.9. The summed E-state index contributed by atoms with van der Waals surface area (Å²) in [5.74, 6) is 4.99. The molecule has 0 bridgehead atoms. The Bertz CT molecular complexity index is 1540. The van der Waals surface area contributed by atoms with E-state index in [-0.39, 0.29) is 0 Å². The number of anilines is 5. The number of ether oxygens (including phenoxy) is 4. The summed E-state index contributed by atoms with van der Waals surface area (Å²) < 4.78 is 24.2.